The number of aryl methyl sites for hydroxylation is 1. The Morgan fingerprint density at radius 2 is 2.07 bits per heavy atom. The van der Waals surface area contributed by atoms with E-state index in [1.807, 2.05) is 13.1 Å². The average Bonchev–Trinajstić information content (AvgIpc) is 2.29. The smallest absolute Gasteiger partial charge is 0.147 e. The normalized spacial score (nSPS) is 18.1. The molecule has 1 saturated heterocycles. The number of nitrogens with zero attached hydrogens (tertiary/aromatic N) is 3. The molecule has 15 heavy (non-hydrogen) atoms. The van der Waals surface area contributed by atoms with E-state index in [4.69, 9.17) is 4.74 Å². The number of anilines is 1. The number of rotatable bonds is 2. The molecule has 0 aromatic carbocycles. The number of aromatic nitrogens is 2. The Hall–Kier alpha value is -1.16. The molecule has 0 atom stereocenters. The molecule has 0 radical (unpaired) electrons. The standard InChI is InChI=1S/C11H17N3O/c1-9-7-12-8-11(13-9)14-5-3-10(15-2)4-6-14/h7-8,10H,3-6H2,1-2H3. The maximum atomic E-state index is 5.34. The molecule has 1 aliphatic rings. The number of piperidine rings is 1. The first-order valence-electron chi connectivity index (χ1n) is 5.36. The highest BCUT2D eigenvalue weighted by Gasteiger charge is 2.19. The molecule has 1 aliphatic heterocycles. The Morgan fingerprint density at radius 3 is 2.67 bits per heavy atom. The summed E-state index contributed by atoms with van der Waals surface area (Å²) in [5.74, 6) is 0.990. The van der Waals surface area contributed by atoms with Crippen LogP contribution in [0.4, 0.5) is 5.82 Å². The first-order chi connectivity index (χ1) is 7.29. The van der Waals surface area contributed by atoms with Crippen molar-refractivity contribution in [3.8, 4) is 0 Å². The van der Waals surface area contributed by atoms with E-state index < -0.39 is 0 Å². The van der Waals surface area contributed by atoms with E-state index >= 15 is 0 Å². The molecule has 0 N–H and O–H groups in total. The topological polar surface area (TPSA) is 38.2 Å². The van der Waals surface area contributed by atoms with Crippen LogP contribution in [0.3, 0.4) is 0 Å². The van der Waals surface area contributed by atoms with Crippen molar-refractivity contribution in [2.45, 2.75) is 25.9 Å². The Kier molecular flexibility index (Phi) is 3.16. The summed E-state index contributed by atoms with van der Waals surface area (Å²) in [4.78, 5) is 10.9. The molecule has 0 bridgehead atoms. The average molecular weight is 207 g/mol. The lowest BCUT2D eigenvalue weighted by Gasteiger charge is -2.31. The molecule has 82 valence electrons. The third-order valence-electron chi connectivity index (χ3n) is 2.84. The summed E-state index contributed by atoms with van der Waals surface area (Å²) in [5, 5.41) is 0. The van der Waals surface area contributed by atoms with Crippen molar-refractivity contribution in [2.24, 2.45) is 0 Å². The number of ether oxygens (including phenoxy) is 1. The molecule has 0 unspecified atom stereocenters. The minimum atomic E-state index is 0.416. The Bertz CT molecular complexity index is 321. The van der Waals surface area contributed by atoms with Gasteiger partial charge in [0.2, 0.25) is 0 Å². The van der Waals surface area contributed by atoms with Gasteiger partial charge in [-0.3, -0.25) is 4.98 Å². The van der Waals surface area contributed by atoms with Crippen molar-refractivity contribution in [1.82, 2.24) is 9.97 Å². The second-order valence-corrected chi connectivity index (χ2v) is 3.94. The summed E-state index contributed by atoms with van der Waals surface area (Å²) >= 11 is 0. The van der Waals surface area contributed by atoms with E-state index in [1.165, 1.54) is 0 Å². The summed E-state index contributed by atoms with van der Waals surface area (Å²) in [6.45, 7) is 3.99. The maximum absolute atomic E-state index is 5.34. The van der Waals surface area contributed by atoms with Gasteiger partial charge >= 0.3 is 0 Å². The van der Waals surface area contributed by atoms with E-state index in [0.717, 1.165) is 37.4 Å². The van der Waals surface area contributed by atoms with Crippen LogP contribution in [0, 0.1) is 6.92 Å². The highest BCUT2D eigenvalue weighted by Crippen LogP contribution is 2.18. The summed E-state index contributed by atoms with van der Waals surface area (Å²) in [6, 6.07) is 0. The Labute approximate surface area is 90.3 Å². The Morgan fingerprint density at radius 1 is 1.33 bits per heavy atom. The van der Waals surface area contributed by atoms with Crippen molar-refractivity contribution in [2.75, 3.05) is 25.1 Å². The fourth-order valence-electron chi connectivity index (χ4n) is 1.92. The first kappa shape index (κ1) is 10.4. The van der Waals surface area contributed by atoms with Crippen LogP contribution in [-0.2, 0) is 4.74 Å². The minimum absolute atomic E-state index is 0.416. The van der Waals surface area contributed by atoms with Gasteiger partial charge in [-0.15, -0.1) is 0 Å². The van der Waals surface area contributed by atoms with Crippen LogP contribution in [-0.4, -0.2) is 36.3 Å². The van der Waals surface area contributed by atoms with E-state index in [1.54, 1.807) is 13.3 Å². The van der Waals surface area contributed by atoms with Gasteiger partial charge in [-0.1, -0.05) is 0 Å². The van der Waals surface area contributed by atoms with Crippen LogP contribution in [0.25, 0.3) is 0 Å². The number of hydrogen-bond donors (Lipinski definition) is 0. The number of hydrogen-bond acceptors (Lipinski definition) is 4. The SMILES string of the molecule is COC1CCN(c2cncc(C)n2)CC1. The highest BCUT2D eigenvalue weighted by atomic mass is 16.5. The van der Waals surface area contributed by atoms with Crippen molar-refractivity contribution in [3.63, 3.8) is 0 Å². The van der Waals surface area contributed by atoms with E-state index in [-0.39, 0.29) is 0 Å². The van der Waals surface area contributed by atoms with Crippen molar-refractivity contribution >= 4 is 5.82 Å². The predicted octanol–water partition coefficient (Wildman–Crippen LogP) is 1.40. The second-order valence-electron chi connectivity index (χ2n) is 3.94. The lowest BCUT2D eigenvalue weighted by atomic mass is 10.1. The molecular weight excluding hydrogens is 190 g/mol. The van der Waals surface area contributed by atoms with Crippen molar-refractivity contribution in [1.29, 1.82) is 0 Å². The lowest BCUT2D eigenvalue weighted by molar-refractivity contribution is 0.0818. The fourth-order valence-corrected chi connectivity index (χ4v) is 1.92. The van der Waals surface area contributed by atoms with Crippen LogP contribution in [0.2, 0.25) is 0 Å². The molecule has 0 aliphatic carbocycles. The fraction of sp³-hybridized carbons (Fsp3) is 0.636. The van der Waals surface area contributed by atoms with Crippen molar-refractivity contribution < 1.29 is 4.74 Å². The molecule has 0 saturated carbocycles. The molecule has 4 heteroatoms. The number of methoxy groups -OCH3 is 1. The monoisotopic (exact) mass is 207 g/mol. The molecule has 2 rings (SSSR count). The van der Waals surface area contributed by atoms with E-state index in [0.29, 0.717) is 6.10 Å². The van der Waals surface area contributed by atoms with Gasteiger partial charge in [-0.05, 0) is 19.8 Å². The molecular formula is C11H17N3O. The summed E-state index contributed by atoms with van der Waals surface area (Å²) in [7, 11) is 1.78. The van der Waals surface area contributed by atoms with Gasteiger partial charge in [0.15, 0.2) is 0 Å². The van der Waals surface area contributed by atoms with E-state index in [2.05, 4.69) is 14.9 Å². The Balaban J connectivity index is 2.01. The third-order valence-corrected chi connectivity index (χ3v) is 2.84. The van der Waals surface area contributed by atoms with Crippen LogP contribution >= 0.6 is 0 Å². The first-order valence-corrected chi connectivity index (χ1v) is 5.36. The van der Waals surface area contributed by atoms with Crippen LogP contribution in [0.5, 0.6) is 0 Å². The predicted molar refractivity (Wildman–Crippen MR) is 59.0 cm³/mol. The lowest BCUT2D eigenvalue weighted by Crippen LogP contribution is -2.37. The molecule has 1 fully saturated rings. The summed E-state index contributed by atoms with van der Waals surface area (Å²) < 4.78 is 5.34. The van der Waals surface area contributed by atoms with Crippen molar-refractivity contribution in [3.05, 3.63) is 18.1 Å². The zero-order chi connectivity index (χ0) is 10.7. The quantitative estimate of drug-likeness (QED) is 0.734. The maximum Gasteiger partial charge on any atom is 0.147 e. The van der Waals surface area contributed by atoms with Gasteiger partial charge in [-0.2, -0.15) is 0 Å². The van der Waals surface area contributed by atoms with Gasteiger partial charge in [0.1, 0.15) is 5.82 Å². The van der Waals surface area contributed by atoms with Crippen LogP contribution in [0.1, 0.15) is 18.5 Å². The third kappa shape index (κ3) is 2.45. The second kappa shape index (κ2) is 4.57. The highest BCUT2D eigenvalue weighted by molar-refractivity contribution is 5.36. The largest absolute Gasteiger partial charge is 0.381 e. The van der Waals surface area contributed by atoms with Gasteiger partial charge in [-0.25, -0.2) is 4.98 Å². The van der Waals surface area contributed by atoms with Crippen LogP contribution < -0.4 is 4.90 Å². The van der Waals surface area contributed by atoms with Gasteiger partial charge < -0.3 is 9.64 Å². The zero-order valence-electron chi connectivity index (χ0n) is 9.31. The molecule has 1 aromatic heterocycles. The molecule has 0 amide bonds. The van der Waals surface area contributed by atoms with Crippen LogP contribution in [0.15, 0.2) is 12.4 Å². The van der Waals surface area contributed by atoms with Gasteiger partial charge in [0, 0.05) is 26.4 Å². The van der Waals surface area contributed by atoms with Gasteiger partial charge in [0.25, 0.3) is 0 Å². The van der Waals surface area contributed by atoms with Gasteiger partial charge in [0.05, 0.1) is 18.0 Å². The summed E-state index contributed by atoms with van der Waals surface area (Å²) in [5.41, 5.74) is 0.973. The molecule has 1 aromatic rings. The summed E-state index contributed by atoms with van der Waals surface area (Å²) in [6.07, 6.45) is 6.18. The molecule has 4 nitrogen and oxygen atoms in total. The minimum Gasteiger partial charge on any atom is -0.381 e. The molecule has 2 heterocycles. The van der Waals surface area contributed by atoms with E-state index in [9.17, 15) is 0 Å². The zero-order valence-corrected chi connectivity index (χ0v) is 9.31. The molecule has 0 spiro atoms.